The molecule has 0 aliphatic carbocycles. The predicted molar refractivity (Wildman–Crippen MR) is 129 cm³/mol. The summed E-state index contributed by atoms with van der Waals surface area (Å²) in [5.74, 6) is 0.348. The summed E-state index contributed by atoms with van der Waals surface area (Å²) in [5.41, 5.74) is 8.56. The minimum Gasteiger partial charge on any atom is -0.382 e. The molecule has 170 valence electrons. The van der Waals surface area contributed by atoms with E-state index in [1.165, 1.54) is 25.5 Å². The predicted octanol–water partition coefficient (Wildman–Crippen LogP) is 3.79. The minimum absolute atomic E-state index is 0.0498. The normalized spacial score (nSPS) is 19.4. The van der Waals surface area contributed by atoms with Gasteiger partial charge in [-0.3, -0.25) is 14.7 Å². The van der Waals surface area contributed by atoms with Crippen molar-refractivity contribution in [3.8, 4) is 0 Å². The van der Waals surface area contributed by atoms with Gasteiger partial charge in [-0.05, 0) is 58.2 Å². The summed E-state index contributed by atoms with van der Waals surface area (Å²) >= 11 is 0. The quantitative estimate of drug-likeness (QED) is 0.543. The van der Waals surface area contributed by atoms with Crippen LogP contribution in [0.2, 0.25) is 0 Å². The highest BCUT2D eigenvalue weighted by atomic mass is 16.1. The van der Waals surface area contributed by atoms with E-state index in [1.807, 2.05) is 28.8 Å². The van der Waals surface area contributed by atoms with Gasteiger partial charge in [-0.15, -0.1) is 0 Å². The number of likely N-dealkylation sites (tertiary alicyclic amines) is 1. The molecule has 1 saturated heterocycles. The van der Waals surface area contributed by atoms with Crippen LogP contribution in [-0.4, -0.2) is 43.0 Å². The number of hydrogen-bond donors (Lipinski definition) is 1. The Hall–Kier alpha value is -2.80. The fourth-order valence-corrected chi connectivity index (χ4v) is 4.92. The number of rotatable bonds is 8. The first-order chi connectivity index (χ1) is 15.5. The SMILES string of the molecule is C[C@@H]1CCC[C@H](C)N1CCCCCn1c(=O)c(Cc2cncc(N)n2)nc2ccccc21. The van der Waals surface area contributed by atoms with Crippen molar-refractivity contribution in [1.82, 2.24) is 24.4 Å². The van der Waals surface area contributed by atoms with Crippen molar-refractivity contribution in [2.24, 2.45) is 0 Å². The second-order valence-corrected chi connectivity index (χ2v) is 9.04. The number of nitrogen functional groups attached to an aromatic ring is 1. The van der Waals surface area contributed by atoms with E-state index in [9.17, 15) is 4.79 Å². The second kappa shape index (κ2) is 10.2. The van der Waals surface area contributed by atoms with Crippen molar-refractivity contribution in [2.75, 3.05) is 12.3 Å². The summed E-state index contributed by atoms with van der Waals surface area (Å²) in [6, 6.07) is 9.22. The molecule has 1 fully saturated rings. The lowest BCUT2D eigenvalue weighted by Crippen LogP contribution is -2.44. The number of fused-ring (bicyclic) bond motifs is 1. The molecule has 1 aromatic carbocycles. The standard InChI is InChI=1S/C25H34N6O/c1-18-9-8-10-19(2)30(18)13-6-3-7-14-31-23-12-5-4-11-21(23)29-22(25(31)32)15-20-16-27-17-24(26)28-20/h4-5,11-12,16-19H,3,6-10,13-15H2,1-2H3,(H2,26,28)/t18-,19+. The molecule has 0 spiro atoms. The molecule has 1 aliphatic heterocycles. The van der Waals surface area contributed by atoms with E-state index in [-0.39, 0.29) is 5.56 Å². The molecule has 2 atom stereocenters. The van der Waals surface area contributed by atoms with Crippen molar-refractivity contribution in [1.29, 1.82) is 0 Å². The molecule has 3 heterocycles. The van der Waals surface area contributed by atoms with Gasteiger partial charge in [0.25, 0.3) is 5.56 Å². The number of unbranched alkanes of at least 4 members (excludes halogenated alkanes) is 2. The molecule has 2 aromatic heterocycles. The van der Waals surface area contributed by atoms with Crippen molar-refractivity contribution in [3.63, 3.8) is 0 Å². The first-order valence-corrected chi connectivity index (χ1v) is 11.8. The number of benzene rings is 1. The average Bonchev–Trinajstić information content (AvgIpc) is 2.77. The smallest absolute Gasteiger partial charge is 0.273 e. The molecule has 7 heteroatoms. The molecule has 0 saturated carbocycles. The Bertz CT molecular complexity index is 1100. The Kier molecular flexibility index (Phi) is 7.15. The van der Waals surface area contributed by atoms with E-state index in [1.54, 1.807) is 6.20 Å². The fraction of sp³-hybridized carbons (Fsp3) is 0.520. The molecule has 0 unspecified atom stereocenters. The lowest BCUT2D eigenvalue weighted by molar-refractivity contribution is 0.101. The first kappa shape index (κ1) is 22.4. The van der Waals surface area contributed by atoms with Gasteiger partial charge >= 0.3 is 0 Å². The number of hydrogen-bond acceptors (Lipinski definition) is 6. The van der Waals surface area contributed by atoms with Crippen LogP contribution in [0.1, 0.15) is 63.8 Å². The summed E-state index contributed by atoms with van der Waals surface area (Å²) in [4.78, 5) is 28.9. The zero-order chi connectivity index (χ0) is 22.5. The molecule has 4 rings (SSSR count). The molecule has 7 nitrogen and oxygen atoms in total. The molecule has 0 bridgehead atoms. The summed E-state index contributed by atoms with van der Waals surface area (Å²) in [5, 5.41) is 0. The zero-order valence-electron chi connectivity index (χ0n) is 19.2. The Morgan fingerprint density at radius 1 is 1.00 bits per heavy atom. The molecule has 3 aromatic rings. The van der Waals surface area contributed by atoms with Gasteiger partial charge in [-0.2, -0.15) is 0 Å². The number of anilines is 1. The lowest BCUT2D eigenvalue weighted by Gasteiger charge is -2.39. The van der Waals surface area contributed by atoms with E-state index < -0.39 is 0 Å². The van der Waals surface area contributed by atoms with Crippen molar-refractivity contribution in [2.45, 2.75) is 77.4 Å². The Labute approximate surface area is 189 Å². The molecular weight excluding hydrogens is 400 g/mol. The molecular formula is C25H34N6O. The van der Waals surface area contributed by atoms with E-state index >= 15 is 0 Å². The maximum absolute atomic E-state index is 13.3. The van der Waals surface area contributed by atoms with Crippen LogP contribution in [0.3, 0.4) is 0 Å². The van der Waals surface area contributed by atoms with Crippen LogP contribution < -0.4 is 11.3 Å². The van der Waals surface area contributed by atoms with Crippen LogP contribution >= 0.6 is 0 Å². The van der Waals surface area contributed by atoms with Crippen molar-refractivity contribution in [3.05, 3.63) is 58.4 Å². The third kappa shape index (κ3) is 5.15. The maximum atomic E-state index is 13.3. The monoisotopic (exact) mass is 434 g/mol. The number of aryl methyl sites for hydroxylation is 1. The zero-order valence-corrected chi connectivity index (χ0v) is 19.2. The summed E-state index contributed by atoms with van der Waals surface area (Å²) in [6.45, 7) is 6.55. The first-order valence-electron chi connectivity index (χ1n) is 11.8. The Morgan fingerprint density at radius 2 is 1.75 bits per heavy atom. The summed E-state index contributed by atoms with van der Waals surface area (Å²) in [7, 11) is 0. The third-order valence-corrected chi connectivity index (χ3v) is 6.65. The van der Waals surface area contributed by atoms with Crippen LogP contribution in [0, 0.1) is 0 Å². The highest BCUT2D eigenvalue weighted by molar-refractivity contribution is 5.74. The molecule has 1 aliphatic rings. The maximum Gasteiger partial charge on any atom is 0.273 e. The van der Waals surface area contributed by atoms with Gasteiger partial charge in [0.15, 0.2) is 0 Å². The van der Waals surface area contributed by atoms with Gasteiger partial charge in [0.1, 0.15) is 11.5 Å². The number of nitrogens with two attached hydrogens (primary N) is 1. The number of aromatic nitrogens is 4. The highest BCUT2D eigenvalue weighted by Gasteiger charge is 2.23. The number of nitrogens with zero attached hydrogens (tertiary/aromatic N) is 5. The van der Waals surface area contributed by atoms with Crippen molar-refractivity contribution < 1.29 is 0 Å². The van der Waals surface area contributed by atoms with Crippen LogP contribution in [0.4, 0.5) is 5.82 Å². The summed E-state index contributed by atoms with van der Waals surface area (Å²) in [6.07, 6.45) is 10.7. The molecule has 0 amide bonds. The summed E-state index contributed by atoms with van der Waals surface area (Å²) < 4.78 is 1.88. The van der Waals surface area contributed by atoms with Gasteiger partial charge < -0.3 is 10.3 Å². The topological polar surface area (TPSA) is 89.9 Å². The van der Waals surface area contributed by atoms with Crippen LogP contribution in [0.5, 0.6) is 0 Å². The van der Waals surface area contributed by atoms with E-state index in [4.69, 9.17) is 5.73 Å². The highest BCUT2D eigenvalue weighted by Crippen LogP contribution is 2.23. The van der Waals surface area contributed by atoms with E-state index in [0.717, 1.165) is 36.8 Å². The van der Waals surface area contributed by atoms with Crippen LogP contribution in [0.15, 0.2) is 41.5 Å². The van der Waals surface area contributed by atoms with E-state index in [0.29, 0.717) is 42.3 Å². The van der Waals surface area contributed by atoms with Gasteiger partial charge in [-0.25, -0.2) is 9.97 Å². The van der Waals surface area contributed by atoms with Crippen molar-refractivity contribution >= 4 is 16.9 Å². The second-order valence-electron chi connectivity index (χ2n) is 9.04. The van der Waals surface area contributed by atoms with E-state index in [2.05, 4.69) is 33.7 Å². The molecule has 0 radical (unpaired) electrons. The number of piperidine rings is 1. The minimum atomic E-state index is -0.0498. The lowest BCUT2D eigenvalue weighted by atomic mass is 9.97. The van der Waals surface area contributed by atoms with Gasteiger partial charge in [0, 0.05) is 31.2 Å². The third-order valence-electron chi connectivity index (χ3n) is 6.65. The molecule has 2 N–H and O–H groups in total. The van der Waals surface area contributed by atoms with Crippen LogP contribution in [0.25, 0.3) is 11.0 Å². The Balaban J connectivity index is 1.45. The molecule has 32 heavy (non-hydrogen) atoms. The van der Waals surface area contributed by atoms with Gasteiger partial charge in [-0.1, -0.05) is 25.0 Å². The Morgan fingerprint density at radius 3 is 2.53 bits per heavy atom. The van der Waals surface area contributed by atoms with Gasteiger partial charge in [0.05, 0.1) is 22.9 Å². The average molecular weight is 435 g/mol. The largest absolute Gasteiger partial charge is 0.382 e. The van der Waals surface area contributed by atoms with Crippen LogP contribution in [-0.2, 0) is 13.0 Å². The van der Waals surface area contributed by atoms with Gasteiger partial charge in [0.2, 0.25) is 0 Å². The number of para-hydroxylation sites is 2. The fourth-order valence-electron chi connectivity index (χ4n) is 4.92.